The van der Waals surface area contributed by atoms with E-state index in [2.05, 4.69) is 16.4 Å². The van der Waals surface area contributed by atoms with Gasteiger partial charge in [0, 0.05) is 30.2 Å². The molecule has 1 atom stereocenters. The van der Waals surface area contributed by atoms with Crippen LogP contribution in [0.25, 0.3) is 0 Å². The fourth-order valence-corrected chi connectivity index (χ4v) is 3.58. The lowest BCUT2D eigenvalue weighted by Crippen LogP contribution is -2.32. The van der Waals surface area contributed by atoms with E-state index in [4.69, 9.17) is 0 Å². The fourth-order valence-electron chi connectivity index (χ4n) is 3.58. The molecule has 0 aromatic carbocycles. The first-order valence-corrected chi connectivity index (χ1v) is 8.15. The summed E-state index contributed by atoms with van der Waals surface area (Å²) in [5.74, 6) is 1.47. The smallest absolute Gasteiger partial charge is 0.125 e. The van der Waals surface area contributed by atoms with Gasteiger partial charge in [-0.05, 0) is 18.8 Å². The van der Waals surface area contributed by atoms with E-state index in [0.717, 1.165) is 17.9 Å². The van der Waals surface area contributed by atoms with E-state index in [0.29, 0.717) is 5.76 Å². The van der Waals surface area contributed by atoms with Crippen molar-refractivity contribution in [2.24, 2.45) is 5.92 Å². The third-order valence-electron chi connectivity index (χ3n) is 4.82. The fraction of sp³-hybridized carbons (Fsp3) is 0.647. The molecule has 0 saturated heterocycles. The van der Waals surface area contributed by atoms with Crippen molar-refractivity contribution in [1.29, 1.82) is 0 Å². The lowest BCUT2D eigenvalue weighted by molar-refractivity contribution is 0.356. The molecular formula is C17H26N2O. The highest BCUT2D eigenvalue weighted by Gasteiger charge is 2.22. The first kappa shape index (κ1) is 13.6. The monoisotopic (exact) mass is 274 g/mol. The van der Waals surface area contributed by atoms with Gasteiger partial charge in [0.15, 0.2) is 0 Å². The van der Waals surface area contributed by atoms with Gasteiger partial charge in [-0.2, -0.15) is 0 Å². The van der Waals surface area contributed by atoms with Crippen LogP contribution in [0, 0.1) is 5.92 Å². The van der Waals surface area contributed by atoms with Gasteiger partial charge in [-0.15, -0.1) is 0 Å². The average molecular weight is 274 g/mol. The summed E-state index contributed by atoms with van der Waals surface area (Å²) in [5.41, 5.74) is 1.08. The van der Waals surface area contributed by atoms with Gasteiger partial charge in [0.25, 0.3) is 0 Å². The van der Waals surface area contributed by atoms with Crippen molar-refractivity contribution >= 4 is 0 Å². The molecule has 1 saturated carbocycles. The molecule has 0 bridgehead atoms. The van der Waals surface area contributed by atoms with Crippen molar-refractivity contribution in [3.63, 3.8) is 0 Å². The van der Waals surface area contributed by atoms with E-state index in [9.17, 15) is 5.11 Å². The topological polar surface area (TPSA) is 35.5 Å². The number of rotatable bonds is 6. The maximum Gasteiger partial charge on any atom is 0.125 e. The standard InChI is InChI=1S/C17H26N2O/c20-16-12-17-18-10-11-19(17)13-15(16)9-3-1-2-6-14-7-4-5-8-14/h10-14,17-18,20H,1-9H2. The molecule has 1 fully saturated rings. The Morgan fingerprint density at radius 2 is 2.05 bits per heavy atom. The maximum atomic E-state index is 10.0. The van der Waals surface area contributed by atoms with Gasteiger partial charge < -0.3 is 15.3 Å². The molecule has 2 aliphatic heterocycles. The lowest BCUT2D eigenvalue weighted by atomic mass is 9.98. The van der Waals surface area contributed by atoms with E-state index >= 15 is 0 Å². The summed E-state index contributed by atoms with van der Waals surface area (Å²) in [7, 11) is 0. The van der Waals surface area contributed by atoms with Crippen LogP contribution in [0.1, 0.15) is 57.8 Å². The Labute approximate surface area is 122 Å². The molecule has 3 rings (SSSR count). The molecule has 2 N–H and O–H groups in total. The molecule has 2 heterocycles. The van der Waals surface area contributed by atoms with Crippen molar-refractivity contribution in [1.82, 2.24) is 10.2 Å². The van der Waals surface area contributed by atoms with E-state index in [1.165, 1.54) is 51.4 Å². The zero-order chi connectivity index (χ0) is 13.8. The normalized spacial score (nSPS) is 25.4. The van der Waals surface area contributed by atoms with Crippen molar-refractivity contribution in [3.8, 4) is 0 Å². The number of nitrogens with one attached hydrogen (secondary N) is 1. The van der Waals surface area contributed by atoms with E-state index in [1.807, 2.05) is 18.5 Å². The SMILES string of the molecule is OC1=CC2NC=CN2C=C1CCCCCC1CCCC1. The number of fused-ring (bicyclic) bond motifs is 1. The van der Waals surface area contributed by atoms with Crippen LogP contribution in [0.5, 0.6) is 0 Å². The number of hydrogen-bond acceptors (Lipinski definition) is 3. The summed E-state index contributed by atoms with van der Waals surface area (Å²) in [6.07, 6.45) is 20.1. The van der Waals surface area contributed by atoms with Crippen LogP contribution < -0.4 is 5.32 Å². The van der Waals surface area contributed by atoms with E-state index in [-0.39, 0.29) is 6.17 Å². The Hall–Kier alpha value is -1.38. The molecule has 0 amide bonds. The third kappa shape index (κ3) is 3.20. The van der Waals surface area contributed by atoms with E-state index in [1.54, 1.807) is 0 Å². The number of aliphatic hydroxyl groups excluding tert-OH is 1. The Bertz CT molecular complexity index is 419. The average Bonchev–Trinajstić information content (AvgIpc) is 3.09. The van der Waals surface area contributed by atoms with Crippen LogP contribution in [-0.4, -0.2) is 16.2 Å². The molecule has 0 aromatic heterocycles. The van der Waals surface area contributed by atoms with E-state index < -0.39 is 0 Å². The minimum absolute atomic E-state index is 0.112. The Morgan fingerprint density at radius 3 is 2.90 bits per heavy atom. The summed E-state index contributed by atoms with van der Waals surface area (Å²) >= 11 is 0. The van der Waals surface area contributed by atoms with Gasteiger partial charge >= 0.3 is 0 Å². The van der Waals surface area contributed by atoms with Crippen LogP contribution in [0.4, 0.5) is 0 Å². The number of allylic oxidation sites excluding steroid dienone is 1. The molecule has 3 nitrogen and oxygen atoms in total. The second kappa shape index (κ2) is 6.38. The third-order valence-corrected chi connectivity index (χ3v) is 4.82. The second-order valence-electron chi connectivity index (χ2n) is 6.33. The second-order valence-corrected chi connectivity index (χ2v) is 6.33. The van der Waals surface area contributed by atoms with Crippen molar-refractivity contribution in [3.05, 3.63) is 36.0 Å². The zero-order valence-corrected chi connectivity index (χ0v) is 12.2. The van der Waals surface area contributed by atoms with Crippen molar-refractivity contribution in [2.45, 2.75) is 64.0 Å². The van der Waals surface area contributed by atoms with Crippen LogP contribution in [-0.2, 0) is 0 Å². The first-order chi connectivity index (χ1) is 9.83. The quantitative estimate of drug-likeness (QED) is 0.714. The molecule has 1 aliphatic carbocycles. The summed E-state index contributed by atoms with van der Waals surface area (Å²) in [6.45, 7) is 0. The Morgan fingerprint density at radius 1 is 1.20 bits per heavy atom. The van der Waals surface area contributed by atoms with Gasteiger partial charge in [0.05, 0.1) is 0 Å². The Balaban J connectivity index is 1.37. The van der Waals surface area contributed by atoms with Crippen molar-refractivity contribution in [2.75, 3.05) is 0 Å². The first-order valence-electron chi connectivity index (χ1n) is 8.15. The molecule has 0 spiro atoms. The molecule has 20 heavy (non-hydrogen) atoms. The van der Waals surface area contributed by atoms with Gasteiger partial charge in [-0.1, -0.05) is 44.9 Å². The highest BCUT2D eigenvalue weighted by atomic mass is 16.3. The highest BCUT2D eigenvalue weighted by molar-refractivity contribution is 5.32. The van der Waals surface area contributed by atoms with Gasteiger partial charge in [-0.25, -0.2) is 0 Å². The summed E-state index contributed by atoms with van der Waals surface area (Å²) < 4.78 is 0. The number of nitrogens with zero attached hydrogens (tertiary/aromatic N) is 1. The van der Waals surface area contributed by atoms with Gasteiger partial charge in [-0.3, -0.25) is 0 Å². The largest absolute Gasteiger partial charge is 0.508 e. The van der Waals surface area contributed by atoms with Crippen LogP contribution in [0.2, 0.25) is 0 Å². The number of aliphatic hydroxyl groups is 1. The van der Waals surface area contributed by atoms with Crippen LogP contribution >= 0.6 is 0 Å². The van der Waals surface area contributed by atoms with Gasteiger partial charge in [0.1, 0.15) is 11.9 Å². The van der Waals surface area contributed by atoms with Crippen LogP contribution in [0.15, 0.2) is 36.0 Å². The van der Waals surface area contributed by atoms with Gasteiger partial charge in [0.2, 0.25) is 0 Å². The molecule has 0 aromatic rings. The molecule has 3 heteroatoms. The summed E-state index contributed by atoms with van der Waals surface area (Å²) in [6, 6.07) is 0. The summed E-state index contributed by atoms with van der Waals surface area (Å²) in [4.78, 5) is 2.12. The highest BCUT2D eigenvalue weighted by Crippen LogP contribution is 2.30. The molecule has 1 unspecified atom stereocenters. The molecule has 110 valence electrons. The minimum atomic E-state index is 0.112. The zero-order valence-electron chi connectivity index (χ0n) is 12.2. The predicted octanol–water partition coefficient (Wildman–Crippen LogP) is 4.17. The maximum absolute atomic E-state index is 10.0. The minimum Gasteiger partial charge on any atom is -0.508 e. The number of hydrogen-bond donors (Lipinski definition) is 2. The molecule has 0 radical (unpaired) electrons. The predicted molar refractivity (Wildman–Crippen MR) is 81.7 cm³/mol. The number of unbranched alkanes of at least 4 members (excludes halogenated alkanes) is 2. The van der Waals surface area contributed by atoms with Crippen LogP contribution in [0.3, 0.4) is 0 Å². The van der Waals surface area contributed by atoms with Crippen molar-refractivity contribution < 1.29 is 5.11 Å². The summed E-state index contributed by atoms with van der Waals surface area (Å²) in [5, 5.41) is 13.2. The molecular weight excluding hydrogens is 248 g/mol. The lowest BCUT2D eigenvalue weighted by Gasteiger charge is -2.25. The molecule has 3 aliphatic rings. The Kier molecular flexibility index (Phi) is 4.34.